The first kappa shape index (κ1) is 13.4. The van der Waals surface area contributed by atoms with Crippen LogP contribution in [0.4, 0.5) is 5.95 Å². The molecule has 2 N–H and O–H groups in total. The number of anilines is 1. The summed E-state index contributed by atoms with van der Waals surface area (Å²) >= 11 is 5.07. The molecule has 0 saturated heterocycles. The van der Waals surface area contributed by atoms with E-state index >= 15 is 0 Å². The van der Waals surface area contributed by atoms with Crippen LogP contribution in [0.1, 0.15) is 25.5 Å². The van der Waals surface area contributed by atoms with Crippen LogP contribution >= 0.6 is 27.7 Å². The predicted molar refractivity (Wildman–Crippen MR) is 78.5 cm³/mol. The fourth-order valence-electron chi connectivity index (χ4n) is 1.60. The quantitative estimate of drug-likeness (QED) is 0.873. The fourth-order valence-corrected chi connectivity index (χ4v) is 2.90. The zero-order valence-corrected chi connectivity index (χ0v) is 12.7. The molecule has 0 unspecified atom stereocenters. The van der Waals surface area contributed by atoms with E-state index in [9.17, 15) is 0 Å². The molecular formula is C12H15BrN4S. The van der Waals surface area contributed by atoms with Crippen LogP contribution in [0.3, 0.4) is 0 Å². The summed E-state index contributed by atoms with van der Waals surface area (Å²) < 4.78 is 3.04. The molecule has 0 atom stereocenters. The van der Waals surface area contributed by atoms with E-state index in [0.717, 1.165) is 15.4 Å². The van der Waals surface area contributed by atoms with Crippen molar-refractivity contribution < 1.29 is 0 Å². The lowest BCUT2D eigenvalue weighted by Crippen LogP contribution is -2.06. The molecule has 4 nitrogen and oxygen atoms in total. The molecule has 0 amide bonds. The van der Waals surface area contributed by atoms with Crippen molar-refractivity contribution in [3.05, 3.63) is 34.3 Å². The molecule has 0 aliphatic heterocycles. The highest BCUT2D eigenvalue weighted by atomic mass is 79.9. The highest BCUT2D eigenvalue weighted by molar-refractivity contribution is 9.10. The minimum atomic E-state index is 0.271. The third-order valence-corrected chi connectivity index (χ3v) is 4.03. The van der Waals surface area contributed by atoms with E-state index in [1.807, 2.05) is 16.7 Å². The maximum absolute atomic E-state index is 5.80. The smallest absolute Gasteiger partial charge is 0.222 e. The first-order valence-electron chi connectivity index (χ1n) is 5.65. The Bertz CT molecular complexity index is 521. The summed E-state index contributed by atoms with van der Waals surface area (Å²) in [7, 11) is 0. The van der Waals surface area contributed by atoms with Crippen molar-refractivity contribution in [2.75, 3.05) is 5.73 Å². The maximum atomic E-state index is 5.80. The average Bonchev–Trinajstić information content (AvgIpc) is 2.70. The van der Waals surface area contributed by atoms with Gasteiger partial charge >= 0.3 is 0 Å². The molecule has 0 saturated carbocycles. The van der Waals surface area contributed by atoms with Gasteiger partial charge in [0.1, 0.15) is 0 Å². The second-order valence-electron chi connectivity index (χ2n) is 4.22. The molecule has 2 rings (SSSR count). The van der Waals surface area contributed by atoms with E-state index < -0.39 is 0 Å². The van der Waals surface area contributed by atoms with E-state index in [1.165, 1.54) is 5.56 Å². The first-order valence-corrected chi connectivity index (χ1v) is 7.43. The molecule has 0 aliphatic rings. The van der Waals surface area contributed by atoms with Crippen molar-refractivity contribution in [2.24, 2.45) is 0 Å². The number of halogens is 1. The predicted octanol–water partition coefficient (Wildman–Crippen LogP) is 3.50. The summed E-state index contributed by atoms with van der Waals surface area (Å²) in [6.45, 7) is 4.15. The van der Waals surface area contributed by atoms with Crippen LogP contribution in [-0.2, 0) is 5.75 Å². The summed E-state index contributed by atoms with van der Waals surface area (Å²) in [5, 5.41) is 8.90. The molecular weight excluding hydrogens is 312 g/mol. The Balaban J connectivity index is 2.08. The Hall–Kier alpha value is -1.01. The summed E-state index contributed by atoms with van der Waals surface area (Å²) in [4.78, 5) is 0. The molecule has 6 heteroatoms. The van der Waals surface area contributed by atoms with Crippen molar-refractivity contribution in [3.8, 4) is 0 Å². The van der Waals surface area contributed by atoms with E-state index in [-0.39, 0.29) is 6.04 Å². The zero-order chi connectivity index (χ0) is 13.1. The highest BCUT2D eigenvalue weighted by Crippen LogP contribution is 2.26. The van der Waals surface area contributed by atoms with Gasteiger partial charge in [-0.25, -0.2) is 0 Å². The Morgan fingerprint density at radius 3 is 2.56 bits per heavy atom. The molecule has 1 aromatic carbocycles. The van der Waals surface area contributed by atoms with Gasteiger partial charge < -0.3 is 5.73 Å². The second kappa shape index (κ2) is 5.75. The van der Waals surface area contributed by atoms with Crippen LogP contribution in [0.25, 0.3) is 0 Å². The average molecular weight is 327 g/mol. The Kier molecular flexibility index (Phi) is 4.29. The molecule has 18 heavy (non-hydrogen) atoms. The third kappa shape index (κ3) is 3.05. The number of nitrogens with two attached hydrogens (primary N) is 1. The Labute approximate surface area is 119 Å². The number of hydrogen-bond acceptors (Lipinski definition) is 4. The van der Waals surface area contributed by atoms with Gasteiger partial charge in [-0.05, 0) is 31.5 Å². The van der Waals surface area contributed by atoms with Crippen LogP contribution in [0.2, 0.25) is 0 Å². The van der Waals surface area contributed by atoms with Crippen molar-refractivity contribution >= 4 is 33.6 Å². The van der Waals surface area contributed by atoms with E-state index in [2.05, 4.69) is 52.1 Å². The lowest BCUT2D eigenvalue weighted by molar-refractivity contribution is 0.557. The molecule has 2 aromatic rings. The van der Waals surface area contributed by atoms with E-state index in [0.29, 0.717) is 5.95 Å². The van der Waals surface area contributed by atoms with Crippen LogP contribution in [0, 0.1) is 0 Å². The van der Waals surface area contributed by atoms with Crippen LogP contribution in [0.15, 0.2) is 33.9 Å². The largest absolute Gasteiger partial charge is 0.368 e. The lowest BCUT2D eigenvalue weighted by atomic mass is 10.2. The molecule has 1 heterocycles. The molecule has 0 aliphatic carbocycles. The molecule has 96 valence electrons. The maximum Gasteiger partial charge on any atom is 0.222 e. The molecule has 0 bridgehead atoms. The van der Waals surface area contributed by atoms with Crippen molar-refractivity contribution in [3.63, 3.8) is 0 Å². The van der Waals surface area contributed by atoms with Gasteiger partial charge in [0.15, 0.2) is 5.16 Å². The van der Waals surface area contributed by atoms with Gasteiger partial charge in [0.25, 0.3) is 0 Å². The molecule has 1 aromatic heterocycles. The Morgan fingerprint density at radius 2 is 1.94 bits per heavy atom. The highest BCUT2D eigenvalue weighted by Gasteiger charge is 2.12. The number of rotatable bonds is 4. The van der Waals surface area contributed by atoms with Crippen molar-refractivity contribution in [1.82, 2.24) is 14.8 Å². The summed E-state index contributed by atoms with van der Waals surface area (Å²) in [6, 6.07) is 8.54. The van der Waals surface area contributed by atoms with Gasteiger partial charge in [-0.3, -0.25) is 4.57 Å². The minimum absolute atomic E-state index is 0.271. The number of benzene rings is 1. The van der Waals surface area contributed by atoms with Crippen molar-refractivity contribution in [2.45, 2.75) is 30.8 Å². The standard InChI is InChI=1S/C12H15BrN4S/c1-8(2)17-11(14)15-16-12(17)18-7-9-3-5-10(13)6-4-9/h3-6,8H,7H2,1-2H3,(H2,14,15). The van der Waals surface area contributed by atoms with Crippen LogP contribution in [0.5, 0.6) is 0 Å². The number of aromatic nitrogens is 3. The fraction of sp³-hybridized carbons (Fsp3) is 0.333. The number of nitrogen functional groups attached to an aromatic ring is 1. The number of hydrogen-bond donors (Lipinski definition) is 1. The summed E-state index contributed by atoms with van der Waals surface area (Å²) in [5.74, 6) is 1.33. The Morgan fingerprint density at radius 1 is 1.28 bits per heavy atom. The number of thioether (sulfide) groups is 1. The summed E-state index contributed by atoms with van der Waals surface area (Å²) in [6.07, 6.45) is 0. The van der Waals surface area contributed by atoms with Gasteiger partial charge in [0, 0.05) is 16.3 Å². The van der Waals surface area contributed by atoms with Gasteiger partial charge in [-0.1, -0.05) is 39.8 Å². The van der Waals surface area contributed by atoms with E-state index in [1.54, 1.807) is 11.8 Å². The SMILES string of the molecule is CC(C)n1c(N)nnc1SCc1ccc(Br)cc1. The van der Waals surface area contributed by atoms with Crippen LogP contribution < -0.4 is 5.73 Å². The zero-order valence-electron chi connectivity index (χ0n) is 10.3. The van der Waals surface area contributed by atoms with E-state index in [4.69, 9.17) is 5.73 Å². The second-order valence-corrected chi connectivity index (χ2v) is 6.08. The third-order valence-electron chi connectivity index (χ3n) is 2.49. The van der Waals surface area contributed by atoms with Gasteiger partial charge in [0.2, 0.25) is 5.95 Å². The molecule has 0 spiro atoms. The monoisotopic (exact) mass is 326 g/mol. The topological polar surface area (TPSA) is 56.7 Å². The number of nitrogens with zero attached hydrogens (tertiary/aromatic N) is 3. The first-order chi connectivity index (χ1) is 8.58. The van der Waals surface area contributed by atoms with Crippen LogP contribution in [-0.4, -0.2) is 14.8 Å². The molecule has 0 radical (unpaired) electrons. The summed E-state index contributed by atoms with van der Waals surface area (Å²) in [5.41, 5.74) is 7.05. The lowest BCUT2D eigenvalue weighted by Gasteiger charge is -2.11. The van der Waals surface area contributed by atoms with Gasteiger partial charge in [-0.15, -0.1) is 10.2 Å². The minimum Gasteiger partial charge on any atom is -0.368 e. The normalized spacial score (nSPS) is 11.1. The van der Waals surface area contributed by atoms with Crippen molar-refractivity contribution in [1.29, 1.82) is 0 Å². The van der Waals surface area contributed by atoms with Gasteiger partial charge in [0.05, 0.1) is 0 Å². The van der Waals surface area contributed by atoms with Gasteiger partial charge in [-0.2, -0.15) is 0 Å². The molecule has 0 fully saturated rings.